The molecule has 120 heavy (non-hydrogen) atoms. The predicted molar refractivity (Wildman–Crippen MR) is 495 cm³/mol. The zero-order valence-electron chi connectivity index (χ0n) is 66.9. The third-order valence-electron chi connectivity index (χ3n) is 32.4. The maximum absolute atomic E-state index is 6.63. The Hall–Kier alpha value is -13.2. The van der Waals surface area contributed by atoms with Gasteiger partial charge >= 0.3 is 0 Å². The molecule has 0 radical (unpaired) electrons. The highest BCUT2D eigenvalue weighted by molar-refractivity contribution is 6.13. The molecule has 3 heterocycles. The molecule has 0 N–H and O–H groups in total. The Morgan fingerprint density at radius 3 is 1.38 bits per heavy atom. The van der Waals surface area contributed by atoms with Crippen LogP contribution in [0.4, 0.5) is 34.1 Å². The van der Waals surface area contributed by atoms with E-state index in [0.717, 1.165) is 96.8 Å². The van der Waals surface area contributed by atoms with Crippen LogP contribution in [0, 0.1) is 52.8 Å². The van der Waals surface area contributed by atoms with E-state index >= 15 is 0 Å². The lowest BCUT2D eigenvalue weighted by molar-refractivity contribution is -0.0399. The standard InChI is InChI=1S/C115H86N4O/c1-2-19-92-89(16-1)87(51-55-108(92)117(82-43-47-83(48-44-82)118-105-28-11-5-20-93(105)94-21-6-12-29-106(94)118)86-50-52-103-98(66-86)90-17-3-9-26-101(90)114(103)77-57-69-56-70(59-77)60-78(114)58-69)73-34-32-72(33-35-73)75-38-54-109-100(63-75)95-22-7-13-30-107(95)119(109)84-45-41-81(42-46-84)116(80-39-36-74(37-40-80)88-24-15-25-97-96-23-8-14-31-110(96)120-112(88)97)85-49-53-104-99(65-85)91-18-4-10-27-102(91)115(104)79-62-71-61-76-64-111(115)113(76,67-71)68-79/h1-55,63,65-66,69-71,76-79,111H,56-62,64,67-68H2. The Morgan fingerprint density at radius 1 is 0.258 bits per heavy atom. The lowest BCUT2D eigenvalue weighted by Gasteiger charge is -2.61. The molecule has 10 aliphatic carbocycles. The van der Waals surface area contributed by atoms with Crippen molar-refractivity contribution >= 4 is 110 Å². The third kappa shape index (κ3) is 8.92. The van der Waals surface area contributed by atoms with Crippen molar-refractivity contribution in [2.45, 2.75) is 75.0 Å². The van der Waals surface area contributed by atoms with Gasteiger partial charge in [-0.25, -0.2) is 0 Å². The van der Waals surface area contributed by atoms with E-state index in [-0.39, 0.29) is 10.8 Å². The average molecular weight is 1540 g/mol. The highest BCUT2D eigenvalue weighted by Crippen LogP contribution is 2.84. The van der Waals surface area contributed by atoms with Crippen LogP contribution in [0.2, 0.25) is 0 Å². The number of aromatic nitrogens is 2. The quantitative estimate of drug-likeness (QED) is 0.129. The molecule has 0 saturated heterocycles. The van der Waals surface area contributed by atoms with E-state index in [9.17, 15) is 0 Å². The van der Waals surface area contributed by atoms with E-state index in [1.807, 2.05) is 0 Å². The fourth-order valence-corrected chi connectivity index (χ4v) is 28.3. The molecule has 6 unspecified atom stereocenters. The maximum atomic E-state index is 6.63. The van der Waals surface area contributed by atoms with E-state index in [0.29, 0.717) is 23.2 Å². The minimum absolute atomic E-state index is 0.0905. The molecule has 16 aromatic carbocycles. The molecule has 6 atom stereocenters. The number of furan rings is 1. The molecule has 5 nitrogen and oxygen atoms in total. The van der Waals surface area contributed by atoms with Gasteiger partial charge in [0.2, 0.25) is 0 Å². The third-order valence-corrected chi connectivity index (χ3v) is 32.4. The first-order valence-corrected chi connectivity index (χ1v) is 44.3. The summed E-state index contributed by atoms with van der Waals surface area (Å²) in [7, 11) is 0. The Morgan fingerprint density at radius 2 is 0.717 bits per heavy atom. The zero-order valence-corrected chi connectivity index (χ0v) is 66.9. The van der Waals surface area contributed by atoms with Crippen molar-refractivity contribution < 1.29 is 4.42 Å². The minimum Gasteiger partial charge on any atom is -0.455 e. The fourth-order valence-electron chi connectivity index (χ4n) is 28.3. The molecule has 7 bridgehead atoms. The van der Waals surface area contributed by atoms with Crippen molar-refractivity contribution in [3.63, 3.8) is 0 Å². The van der Waals surface area contributed by atoms with Crippen LogP contribution in [0.5, 0.6) is 0 Å². The lowest BCUT2D eigenvalue weighted by atomic mass is 9.43. The van der Waals surface area contributed by atoms with Gasteiger partial charge in [-0.05, 0) is 322 Å². The van der Waals surface area contributed by atoms with E-state index in [1.54, 1.807) is 22.3 Å². The largest absolute Gasteiger partial charge is 0.455 e. The SMILES string of the molecule is c1ccc2c(c1)-c1cc(N(c3ccc(-n4c5ccccc5c5ccccc54)cc3)c3ccc(-c4ccc(-c5ccc6c(c5)c5ccccc5n6-c5ccc(N(c6ccc(-c7cccc8c7oc7ccccc78)cc6)c6ccc7c(c6)-c6ccccc6C76C7CC8CC9CC6C9(C8)C7)cc5)cc4)c4ccccc34)ccc1C21C2CC3CC(C2)CC1C3. The predicted octanol–water partition coefficient (Wildman–Crippen LogP) is 30.3. The number of hydrogen-bond acceptors (Lipinski definition) is 3. The number of nitrogens with zero attached hydrogens (tertiary/aromatic N) is 4. The summed E-state index contributed by atoms with van der Waals surface area (Å²) in [6.45, 7) is 0. The normalized spacial score (nSPS) is 23.9. The van der Waals surface area contributed by atoms with E-state index < -0.39 is 0 Å². The van der Waals surface area contributed by atoms with Crippen molar-refractivity contribution in [2.24, 2.45) is 52.8 Å². The van der Waals surface area contributed by atoms with Crippen molar-refractivity contribution in [3.05, 3.63) is 374 Å². The number of anilines is 6. The first kappa shape index (κ1) is 66.8. The summed E-state index contributed by atoms with van der Waals surface area (Å²) in [5.41, 5.74) is 35.6. The molecule has 8 fully saturated rings. The van der Waals surface area contributed by atoms with Crippen molar-refractivity contribution in [3.8, 4) is 67.0 Å². The fraction of sp³-hybridized carbons (Fsp3) is 0.183. The number of para-hydroxylation sites is 5. The van der Waals surface area contributed by atoms with Gasteiger partial charge in [0.05, 0.1) is 27.8 Å². The molecule has 0 aliphatic heterocycles. The molecule has 5 heteroatoms. The van der Waals surface area contributed by atoms with E-state index in [4.69, 9.17) is 4.42 Å². The Labute approximate surface area is 698 Å². The molecule has 10 aliphatic rings. The van der Waals surface area contributed by atoms with Gasteiger partial charge in [-0.15, -0.1) is 0 Å². The molecule has 3 spiro atoms. The zero-order chi connectivity index (χ0) is 78.0. The van der Waals surface area contributed by atoms with Crippen molar-refractivity contribution in [2.75, 3.05) is 9.80 Å². The number of fused-ring (bicyclic) bond motifs is 22. The summed E-state index contributed by atoms with van der Waals surface area (Å²) in [5, 5.41) is 9.73. The highest BCUT2D eigenvalue weighted by atomic mass is 16.3. The Bertz CT molecular complexity index is 7500. The summed E-state index contributed by atoms with van der Waals surface area (Å²) in [4.78, 5) is 5.06. The van der Waals surface area contributed by atoms with Crippen LogP contribution in [0.1, 0.15) is 86.5 Å². The molecular weight excluding hydrogens is 1450 g/mol. The van der Waals surface area contributed by atoms with E-state index in [2.05, 4.69) is 371 Å². The molecule has 0 amide bonds. The van der Waals surface area contributed by atoms with Crippen LogP contribution in [0.3, 0.4) is 0 Å². The van der Waals surface area contributed by atoms with Crippen LogP contribution in [0.15, 0.2) is 356 Å². The van der Waals surface area contributed by atoms with Crippen molar-refractivity contribution in [1.82, 2.24) is 9.13 Å². The molecule has 8 saturated carbocycles. The minimum atomic E-state index is 0.0905. The van der Waals surface area contributed by atoms with Gasteiger partial charge < -0.3 is 23.4 Å². The summed E-state index contributed by atoms with van der Waals surface area (Å²) in [5.74, 6) is 6.45. The van der Waals surface area contributed by atoms with Crippen LogP contribution < -0.4 is 9.80 Å². The number of hydrogen-bond donors (Lipinski definition) is 0. The van der Waals surface area contributed by atoms with Crippen LogP contribution >= 0.6 is 0 Å². The average Bonchev–Trinajstić information content (AvgIpc) is 1.46. The smallest absolute Gasteiger partial charge is 0.143 e. The summed E-state index contributed by atoms with van der Waals surface area (Å²) < 4.78 is 11.5. The maximum Gasteiger partial charge on any atom is 0.143 e. The summed E-state index contributed by atoms with van der Waals surface area (Å²) in [6.07, 6.45) is 14.0. The van der Waals surface area contributed by atoms with Gasteiger partial charge in [-0.1, -0.05) is 224 Å². The number of benzene rings is 16. The topological polar surface area (TPSA) is 29.5 Å². The molecule has 3 aromatic heterocycles. The molecule has 29 rings (SSSR count). The van der Waals surface area contributed by atoms with Crippen LogP contribution in [-0.4, -0.2) is 9.13 Å². The van der Waals surface area contributed by atoms with Gasteiger partial charge in [-0.2, -0.15) is 0 Å². The van der Waals surface area contributed by atoms with Gasteiger partial charge in [0.25, 0.3) is 0 Å². The Kier molecular flexibility index (Phi) is 13.6. The van der Waals surface area contributed by atoms with Gasteiger partial charge in [0, 0.05) is 93.9 Å². The molecule has 572 valence electrons. The first-order chi connectivity index (χ1) is 59.4. The van der Waals surface area contributed by atoms with E-state index in [1.165, 1.54) is 174 Å². The monoisotopic (exact) mass is 1540 g/mol. The molecule has 19 aromatic rings. The van der Waals surface area contributed by atoms with Gasteiger partial charge in [-0.3, -0.25) is 0 Å². The molecular formula is C115H86N4O. The van der Waals surface area contributed by atoms with Crippen molar-refractivity contribution in [1.29, 1.82) is 0 Å². The second-order valence-electron chi connectivity index (χ2n) is 37.5. The highest BCUT2D eigenvalue weighted by Gasteiger charge is 2.77. The first-order valence-electron chi connectivity index (χ1n) is 44.3. The van der Waals surface area contributed by atoms with Gasteiger partial charge in [0.15, 0.2) is 0 Å². The van der Waals surface area contributed by atoms with Crippen LogP contribution in [0.25, 0.3) is 143 Å². The Balaban J connectivity index is 0.526. The second-order valence-corrected chi connectivity index (χ2v) is 37.5. The second kappa shape index (κ2) is 24.5. The summed E-state index contributed by atoms with van der Waals surface area (Å²) in [6, 6.07) is 134. The number of rotatable bonds is 11. The lowest BCUT2D eigenvalue weighted by Crippen LogP contribution is -2.55. The van der Waals surface area contributed by atoms with Gasteiger partial charge in [0.1, 0.15) is 11.2 Å². The summed E-state index contributed by atoms with van der Waals surface area (Å²) >= 11 is 0. The van der Waals surface area contributed by atoms with Crippen LogP contribution in [-0.2, 0) is 10.8 Å².